The van der Waals surface area contributed by atoms with Crippen molar-refractivity contribution < 1.29 is 80.5 Å². The number of carbonyl (C=O) groups excluding carboxylic acids is 3. The lowest BCUT2D eigenvalue weighted by atomic mass is 9.87. The molecule has 1 aliphatic heterocycles. The topological polar surface area (TPSA) is 364 Å². The summed E-state index contributed by atoms with van der Waals surface area (Å²) in [6, 6.07) is 0. The standard InChI is InChI=1S/C47H86N7O17P3S/c1-5-6-7-21-24-35(2)25-22-19-17-15-13-11-9-8-10-12-14-16-18-20-23-26-38(56)75-30-29-49-37(55)27-28-50-45(59)42(58)47(3,4)32-68-74(65,66)71-73(63,64)67-31-36-41(70-72(60,61)62)40(57)46(69-36)54-34-53-39-43(48)51-33-52-44(39)54/h33-36,40-42,46,57-58H,5-32H2,1-4H3,(H,49,55)(H,50,59)(H,63,64)(H,65,66)(H2,48,51,52)(H2,60,61,62). The van der Waals surface area contributed by atoms with Crippen LogP contribution >= 0.6 is 35.2 Å². The number of carbonyl (C=O) groups is 3. The molecule has 3 heterocycles. The Hall–Kier alpha value is -2.44. The maximum absolute atomic E-state index is 12.8. The molecule has 24 nitrogen and oxygen atoms in total. The van der Waals surface area contributed by atoms with Crippen molar-refractivity contribution >= 4 is 69.1 Å². The van der Waals surface area contributed by atoms with Crippen LogP contribution in [0.25, 0.3) is 11.2 Å². The number of phosphoric ester groups is 3. The fourth-order valence-electron chi connectivity index (χ4n) is 8.49. The van der Waals surface area contributed by atoms with Crippen LogP contribution in [-0.4, -0.2) is 123 Å². The lowest BCUT2D eigenvalue weighted by molar-refractivity contribution is -0.137. The van der Waals surface area contributed by atoms with Crippen LogP contribution < -0.4 is 16.4 Å². The van der Waals surface area contributed by atoms with E-state index in [1.165, 1.54) is 129 Å². The predicted octanol–water partition coefficient (Wildman–Crippen LogP) is 7.90. The largest absolute Gasteiger partial charge is 0.481 e. The molecule has 1 aliphatic rings. The molecule has 0 bridgehead atoms. The zero-order valence-electron chi connectivity index (χ0n) is 44.2. The van der Waals surface area contributed by atoms with Crippen molar-refractivity contribution in [3.8, 4) is 0 Å². The first kappa shape index (κ1) is 66.8. The first-order valence-electron chi connectivity index (χ1n) is 26.5. The van der Waals surface area contributed by atoms with E-state index in [0.29, 0.717) is 12.2 Å². The van der Waals surface area contributed by atoms with Crippen LogP contribution in [0, 0.1) is 11.3 Å². The number of phosphoric acid groups is 3. The number of amides is 2. The number of hydrogen-bond donors (Lipinski definition) is 9. The van der Waals surface area contributed by atoms with Gasteiger partial charge in [0, 0.05) is 37.1 Å². The predicted molar refractivity (Wildman–Crippen MR) is 284 cm³/mol. The third kappa shape index (κ3) is 26.8. The number of unbranched alkanes of at least 4 members (excludes halogenated alkanes) is 17. The molecule has 10 N–H and O–H groups in total. The highest BCUT2D eigenvalue weighted by atomic mass is 32.2. The maximum Gasteiger partial charge on any atom is 0.481 e. The van der Waals surface area contributed by atoms with E-state index >= 15 is 0 Å². The molecule has 8 atom stereocenters. The summed E-state index contributed by atoms with van der Waals surface area (Å²) in [7, 11) is -16.4. The molecule has 0 aliphatic carbocycles. The Balaban J connectivity index is 1.21. The molecule has 0 spiro atoms. The van der Waals surface area contributed by atoms with E-state index in [2.05, 4.69) is 48.3 Å². The monoisotopic (exact) mass is 1150 g/mol. The van der Waals surface area contributed by atoms with Crippen molar-refractivity contribution in [1.82, 2.24) is 30.2 Å². The van der Waals surface area contributed by atoms with Crippen LogP contribution in [0.5, 0.6) is 0 Å². The van der Waals surface area contributed by atoms with Crippen LogP contribution in [0.1, 0.15) is 182 Å². The van der Waals surface area contributed by atoms with Gasteiger partial charge in [-0.05, 0) is 12.3 Å². The number of nitrogens with one attached hydrogen (secondary N) is 2. The number of anilines is 1. The first-order valence-corrected chi connectivity index (χ1v) is 32.0. The summed E-state index contributed by atoms with van der Waals surface area (Å²) in [5.41, 5.74) is 4.30. The quantitative estimate of drug-likeness (QED) is 0.0225. The number of aromatic nitrogens is 4. The van der Waals surface area contributed by atoms with Gasteiger partial charge in [-0.2, -0.15) is 4.31 Å². The molecular weight excluding hydrogens is 1060 g/mol. The van der Waals surface area contributed by atoms with Crippen LogP contribution in [-0.2, 0) is 50.7 Å². The Morgan fingerprint density at radius 3 is 1.95 bits per heavy atom. The Labute approximate surface area is 446 Å². The molecule has 3 rings (SSSR count). The Morgan fingerprint density at radius 2 is 1.36 bits per heavy atom. The normalized spacial score (nSPS) is 19.7. The molecule has 28 heteroatoms. The number of hydrogen-bond acceptors (Lipinski definition) is 18. The van der Waals surface area contributed by atoms with Crippen molar-refractivity contribution in [3.63, 3.8) is 0 Å². The summed E-state index contributed by atoms with van der Waals surface area (Å²) in [4.78, 5) is 88.7. The Kier molecular flexibility index (Phi) is 30.8. The minimum absolute atomic E-state index is 0.0346. The lowest BCUT2D eigenvalue weighted by Gasteiger charge is -2.30. The highest BCUT2D eigenvalue weighted by Gasteiger charge is 2.50. The van der Waals surface area contributed by atoms with Gasteiger partial charge in [0.05, 0.1) is 19.5 Å². The molecule has 1 saturated heterocycles. The van der Waals surface area contributed by atoms with Gasteiger partial charge in [-0.15, -0.1) is 0 Å². The third-order valence-electron chi connectivity index (χ3n) is 12.9. The Bertz CT molecular complexity index is 2160. The number of nitrogen functional groups attached to an aromatic ring is 1. The fourth-order valence-corrected chi connectivity index (χ4v) is 12.0. The van der Waals surface area contributed by atoms with Crippen molar-refractivity contribution in [3.05, 3.63) is 12.7 Å². The number of thioether (sulfide) groups is 1. The van der Waals surface area contributed by atoms with Gasteiger partial charge >= 0.3 is 23.5 Å². The summed E-state index contributed by atoms with van der Waals surface area (Å²) in [6.45, 7) is 5.28. The fraction of sp³-hybridized carbons (Fsp3) is 0.830. The van der Waals surface area contributed by atoms with Gasteiger partial charge in [0.15, 0.2) is 22.8 Å². The first-order chi connectivity index (χ1) is 35.4. The minimum Gasteiger partial charge on any atom is -0.386 e. The highest BCUT2D eigenvalue weighted by molar-refractivity contribution is 8.13. The average molecular weight is 1150 g/mol. The van der Waals surface area contributed by atoms with E-state index in [1.807, 2.05) is 0 Å². The van der Waals surface area contributed by atoms with Crippen LogP contribution in [0.15, 0.2) is 12.7 Å². The summed E-state index contributed by atoms with van der Waals surface area (Å²) in [5, 5.41) is 26.8. The zero-order chi connectivity index (χ0) is 55.5. The van der Waals surface area contributed by atoms with E-state index in [-0.39, 0.29) is 41.6 Å². The third-order valence-corrected chi connectivity index (χ3v) is 16.9. The number of ether oxygens (including phenoxy) is 1. The van der Waals surface area contributed by atoms with Crippen LogP contribution in [0.2, 0.25) is 0 Å². The maximum atomic E-state index is 12.8. The Morgan fingerprint density at radius 1 is 0.800 bits per heavy atom. The van der Waals surface area contributed by atoms with E-state index < -0.39 is 84.6 Å². The van der Waals surface area contributed by atoms with Gasteiger partial charge in [-0.25, -0.2) is 28.6 Å². The van der Waals surface area contributed by atoms with Crippen molar-refractivity contribution in [2.24, 2.45) is 11.3 Å². The van der Waals surface area contributed by atoms with Crippen molar-refractivity contribution in [2.75, 3.05) is 37.8 Å². The summed E-state index contributed by atoms with van der Waals surface area (Å²) in [6.07, 6.45) is 20.8. The number of rotatable bonds is 42. The molecule has 75 heavy (non-hydrogen) atoms. The molecule has 0 radical (unpaired) electrons. The lowest BCUT2D eigenvalue weighted by Crippen LogP contribution is -2.46. The average Bonchev–Trinajstić information content (AvgIpc) is 3.90. The van der Waals surface area contributed by atoms with Gasteiger partial charge in [0.2, 0.25) is 11.8 Å². The summed E-state index contributed by atoms with van der Waals surface area (Å²) in [5.74, 6) is -0.126. The molecule has 2 amide bonds. The molecule has 2 aromatic rings. The van der Waals surface area contributed by atoms with E-state index in [1.54, 1.807) is 0 Å². The molecule has 1 fully saturated rings. The number of fused-ring (bicyclic) bond motifs is 1. The second-order valence-corrected chi connectivity index (χ2v) is 25.5. The molecule has 432 valence electrons. The van der Waals surface area contributed by atoms with Crippen molar-refractivity contribution in [2.45, 2.75) is 206 Å². The summed E-state index contributed by atoms with van der Waals surface area (Å²) < 4.78 is 62.6. The SMILES string of the molecule is CCCCCCC(C)CCCCCCCCCCCCCCCCCC(=O)SCCNC(=O)CCNC(=O)C(O)C(C)(C)COP(=O)(O)OP(=O)(O)OCC1OC(n2cnc3c(N)ncnc32)C(O)C1OP(=O)(O)O. The van der Waals surface area contributed by atoms with E-state index in [0.717, 1.165) is 54.2 Å². The smallest absolute Gasteiger partial charge is 0.386 e. The van der Waals surface area contributed by atoms with Gasteiger partial charge < -0.3 is 50.9 Å². The minimum atomic E-state index is -5.58. The number of imidazole rings is 1. The molecule has 0 aromatic carbocycles. The van der Waals surface area contributed by atoms with Crippen molar-refractivity contribution in [1.29, 1.82) is 0 Å². The second kappa shape index (κ2) is 34.5. The van der Waals surface area contributed by atoms with Crippen LogP contribution in [0.4, 0.5) is 5.82 Å². The molecule has 8 unspecified atom stereocenters. The number of aliphatic hydroxyl groups excluding tert-OH is 2. The van der Waals surface area contributed by atoms with E-state index in [4.69, 9.17) is 19.5 Å². The zero-order valence-corrected chi connectivity index (χ0v) is 47.7. The number of nitrogens with two attached hydrogens (primary N) is 1. The number of aliphatic hydroxyl groups is 2. The van der Waals surface area contributed by atoms with Gasteiger partial charge in [-0.3, -0.25) is 32.5 Å². The number of nitrogens with zero attached hydrogens (tertiary/aromatic N) is 4. The van der Waals surface area contributed by atoms with Crippen LogP contribution in [0.3, 0.4) is 0 Å². The van der Waals surface area contributed by atoms with Gasteiger partial charge in [-0.1, -0.05) is 168 Å². The summed E-state index contributed by atoms with van der Waals surface area (Å²) >= 11 is 1.16. The molecule has 2 aromatic heterocycles. The second-order valence-electron chi connectivity index (χ2n) is 20.1. The molecular formula is C47H86N7O17P3S. The molecule has 0 saturated carbocycles. The highest BCUT2D eigenvalue weighted by Crippen LogP contribution is 2.61. The van der Waals surface area contributed by atoms with Gasteiger partial charge in [0.1, 0.15) is 36.3 Å². The van der Waals surface area contributed by atoms with E-state index in [9.17, 15) is 57.9 Å². The van der Waals surface area contributed by atoms with Gasteiger partial charge in [0.25, 0.3) is 0 Å².